The smallest absolute Gasteiger partial charge is 0.341 e. The number of nitrogens with one attached hydrogen (secondary N) is 2. The highest BCUT2D eigenvalue weighted by atomic mass is 16.5. The van der Waals surface area contributed by atoms with E-state index in [1.54, 1.807) is 0 Å². The molecule has 2 N–H and O–H groups in total. The first kappa shape index (κ1) is 15.3. The second-order valence-electron chi connectivity index (χ2n) is 5.22. The van der Waals surface area contributed by atoms with Gasteiger partial charge in [-0.1, -0.05) is 19.3 Å². The Kier molecular flexibility index (Phi) is 4.77. The van der Waals surface area contributed by atoms with Gasteiger partial charge in [0.15, 0.2) is 0 Å². The van der Waals surface area contributed by atoms with Crippen LogP contribution in [0.5, 0.6) is 5.75 Å². The van der Waals surface area contributed by atoms with Crippen molar-refractivity contribution in [1.82, 2.24) is 4.57 Å². The molecule has 0 amide bonds. The number of hydrogen-bond donors (Lipinski definition) is 2. The van der Waals surface area contributed by atoms with Crippen LogP contribution < -0.4 is 10.2 Å². The molecule has 0 aliphatic heterocycles. The van der Waals surface area contributed by atoms with Gasteiger partial charge in [0.25, 0.3) is 0 Å². The second kappa shape index (κ2) is 6.56. The van der Waals surface area contributed by atoms with Gasteiger partial charge in [-0.2, -0.15) is 0 Å². The molecule has 1 aliphatic rings. The summed E-state index contributed by atoms with van der Waals surface area (Å²) in [5.74, 6) is 0.339. The maximum Gasteiger partial charge on any atom is 0.341 e. The number of rotatable bonds is 3. The maximum atomic E-state index is 11.7. The monoisotopic (exact) mass is 291 g/mol. The zero-order valence-corrected chi connectivity index (χ0v) is 12.4. The van der Waals surface area contributed by atoms with Crippen molar-refractivity contribution in [1.29, 1.82) is 10.8 Å². The highest BCUT2D eigenvalue weighted by Gasteiger charge is 2.22. The lowest BCUT2D eigenvalue weighted by Gasteiger charge is -2.24. The number of carbonyl (C=O) groups excluding carboxylic acids is 1. The van der Waals surface area contributed by atoms with E-state index in [2.05, 4.69) is 4.74 Å². The molecule has 1 fully saturated rings. The lowest BCUT2D eigenvalue weighted by atomic mass is 9.88. The quantitative estimate of drug-likeness (QED) is 0.508. The van der Waals surface area contributed by atoms with E-state index in [1.165, 1.54) is 37.5 Å². The predicted octanol–water partition coefficient (Wildman–Crippen LogP) is 2.17. The van der Waals surface area contributed by atoms with Crippen LogP contribution in [0.2, 0.25) is 0 Å². The number of methoxy groups -OCH3 is 2. The Bertz CT molecular complexity index is 601. The molecule has 1 aromatic rings. The minimum atomic E-state index is -0.545. The summed E-state index contributed by atoms with van der Waals surface area (Å²) in [5, 5.41) is 16.4. The van der Waals surface area contributed by atoms with Crippen molar-refractivity contribution in [2.45, 2.75) is 32.1 Å². The number of nitrogens with zero attached hydrogens (tertiary/aromatic N) is 1. The number of ether oxygens (including phenoxy) is 2. The van der Waals surface area contributed by atoms with Gasteiger partial charge in [-0.15, -0.1) is 0 Å². The minimum Gasteiger partial charge on any atom is -0.494 e. The van der Waals surface area contributed by atoms with Crippen molar-refractivity contribution in [2.24, 2.45) is 5.92 Å². The minimum absolute atomic E-state index is 0.0896. The number of esters is 1. The lowest BCUT2D eigenvalue weighted by Crippen LogP contribution is -2.33. The van der Waals surface area contributed by atoms with Gasteiger partial charge < -0.3 is 9.47 Å². The third-order valence-electron chi connectivity index (χ3n) is 3.93. The van der Waals surface area contributed by atoms with Crippen molar-refractivity contribution in [2.75, 3.05) is 14.2 Å². The van der Waals surface area contributed by atoms with Gasteiger partial charge in [0, 0.05) is 5.92 Å². The van der Waals surface area contributed by atoms with Gasteiger partial charge in [0.1, 0.15) is 22.6 Å². The van der Waals surface area contributed by atoms with E-state index in [1.807, 2.05) is 0 Å². The summed E-state index contributed by atoms with van der Waals surface area (Å²) in [4.78, 5) is 11.7. The van der Waals surface area contributed by atoms with Crippen molar-refractivity contribution in [3.63, 3.8) is 0 Å². The Morgan fingerprint density at radius 2 is 1.95 bits per heavy atom. The van der Waals surface area contributed by atoms with Gasteiger partial charge >= 0.3 is 5.97 Å². The molecule has 0 radical (unpaired) electrons. The molecule has 0 saturated heterocycles. The van der Waals surface area contributed by atoms with Crippen LogP contribution in [-0.2, 0) is 4.74 Å². The lowest BCUT2D eigenvalue weighted by molar-refractivity contribution is 0.0596. The van der Waals surface area contributed by atoms with Gasteiger partial charge in [-0.05, 0) is 18.9 Å². The van der Waals surface area contributed by atoms with Crippen LogP contribution in [0.25, 0.3) is 0 Å². The standard InChI is InChI=1S/C15H21N3O3/c1-20-12-9-18(13(16)8-11(12)15(19)21-2)14(17)10-6-4-3-5-7-10/h8-10,16-17H,3-7H2,1-2H3. The average molecular weight is 291 g/mol. The molecule has 6 nitrogen and oxygen atoms in total. The van der Waals surface area contributed by atoms with Crippen LogP contribution in [-0.4, -0.2) is 30.6 Å². The van der Waals surface area contributed by atoms with Crippen LogP contribution in [0.4, 0.5) is 0 Å². The SMILES string of the molecule is COC(=O)c1cc(=N)n(C(=N)C2CCCCC2)cc1OC. The number of aromatic nitrogens is 1. The molecule has 0 atom stereocenters. The average Bonchev–Trinajstić information content (AvgIpc) is 2.54. The molecular weight excluding hydrogens is 270 g/mol. The Morgan fingerprint density at radius 3 is 2.52 bits per heavy atom. The molecule has 6 heteroatoms. The molecule has 21 heavy (non-hydrogen) atoms. The highest BCUT2D eigenvalue weighted by molar-refractivity contribution is 5.93. The highest BCUT2D eigenvalue weighted by Crippen LogP contribution is 2.25. The topological polar surface area (TPSA) is 88.2 Å². The maximum absolute atomic E-state index is 11.7. The number of pyridine rings is 1. The molecule has 1 aliphatic carbocycles. The summed E-state index contributed by atoms with van der Waals surface area (Å²) in [7, 11) is 2.75. The molecule has 1 heterocycles. The Labute approximate surface area is 123 Å². The van der Waals surface area contributed by atoms with E-state index in [9.17, 15) is 4.79 Å². The van der Waals surface area contributed by atoms with E-state index in [4.69, 9.17) is 15.6 Å². The van der Waals surface area contributed by atoms with Crippen molar-refractivity contribution in [3.05, 3.63) is 23.3 Å². The molecule has 0 aromatic carbocycles. The first-order chi connectivity index (χ1) is 10.1. The molecular formula is C15H21N3O3. The van der Waals surface area contributed by atoms with E-state index >= 15 is 0 Å². The zero-order chi connectivity index (χ0) is 15.4. The van der Waals surface area contributed by atoms with Crippen LogP contribution in [0, 0.1) is 16.7 Å². The van der Waals surface area contributed by atoms with E-state index in [0.29, 0.717) is 11.6 Å². The van der Waals surface area contributed by atoms with Crippen molar-refractivity contribution < 1.29 is 14.3 Å². The predicted molar refractivity (Wildman–Crippen MR) is 77.9 cm³/mol. The second-order valence-corrected chi connectivity index (χ2v) is 5.22. The van der Waals surface area contributed by atoms with E-state index in [-0.39, 0.29) is 17.0 Å². The fourth-order valence-electron chi connectivity index (χ4n) is 2.74. The Balaban J connectivity index is 2.38. The van der Waals surface area contributed by atoms with Crippen LogP contribution in [0.15, 0.2) is 12.3 Å². The fourth-order valence-corrected chi connectivity index (χ4v) is 2.74. The number of hydrogen-bond acceptors (Lipinski definition) is 5. The van der Waals surface area contributed by atoms with Crippen LogP contribution >= 0.6 is 0 Å². The van der Waals surface area contributed by atoms with Crippen LogP contribution in [0.1, 0.15) is 42.5 Å². The third kappa shape index (κ3) is 3.15. The van der Waals surface area contributed by atoms with Crippen molar-refractivity contribution in [3.8, 4) is 5.75 Å². The molecule has 1 saturated carbocycles. The van der Waals surface area contributed by atoms with E-state index < -0.39 is 5.97 Å². The summed E-state index contributed by atoms with van der Waals surface area (Å²) in [5.41, 5.74) is 0.296. The van der Waals surface area contributed by atoms with Gasteiger partial charge in [0.05, 0.1) is 20.4 Å². The third-order valence-corrected chi connectivity index (χ3v) is 3.93. The normalized spacial score (nSPS) is 15.5. The number of carbonyl (C=O) groups is 1. The molecule has 1 aromatic heterocycles. The largest absolute Gasteiger partial charge is 0.494 e. The first-order valence-electron chi connectivity index (χ1n) is 7.11. The summed E-state index contributed by atoms with van der Waals surface area (Å²) < 4.78 is 11.4. The van der Waals surface area contributed by atoms with Gasteiger partial charge in [-0.3, -0.25) is 15.4 Å². The Morgan fingerprint density at radius 1 is 1.29 bits per heavy atom. The summed E-state index contributed by atoms with van der Waals surface area (Å²) in [6, 6.07) is 1.39. The first-order valence-corrected chi connectivity index (χ1v) is 7.11. The molecule has 0 bridgehead atoms. The zero-order valence-electron chi connectivity index (χ0n) is 12.4. The summed E-state index contributed by atoms with van der Waals surface area (Å²) in [6.07, 6.45) is 6.95. The Hall–Kier alpha value is -2.11. The molecule has 0 spiro atoms. The van der Waals surface area contributed by atoms with E-state index in [0.717, 1.165) is 25.7 Å². The molecule has 0 unspecified atom stereocenters. The summed E-state index contributed by atoms with van der Waals surface area (Å²) >= 11 is 0. The summed E-state index contributed by atoms with van der Waals surface area (Å²) in [6.45, 7) is 0. The van der Waals surface area contributed by atoms with Gasteiger partial charge in [-0.25, -0.2) is 4.79 Å². The molecule has 2 rings (SSSR count). The van der Waals surface area contributed by atoms with Gasteiger partial charge in [0.2, 0.25) is 0 Å². The van der Waals surface area contributed by atoms with Crippen LogP contribution in [0.3, 0.4) is 0 Å². The van der Waals surface area contributed by atoms with Crippen molar-refractivity contribution >= 4 is 11.8 Å². The molecule has 114 valence electrons. The fraction of sp³-hybridized carbons (Fsp3) is 0.533.